The Bertz CT molecular complexity index is 499. The van der Waals surface area contributed by atoms with Gasteiger partial charge in [-0.25, -0.2) is 0 Å². The Hall–Kier alpha value is -1.39. The Kier molecular flexibility index (Phi) is 5.68. The lowest BCUT2D eigenvalue weighted by atomic mass is 9.99. The first-order chi connectivity index (χ1) is 11.2. The topological polar surface area (TPSA) is 44.4 Å². The van der Waals surface area contributed by atoms with Crippen molar-refractivity contribution in [1.29, 1.82) is 0 Å². The van der Waals surface area contributed by atoms with Crippen LogP contribution in [0.4, 0.5) is 0 Å². The number of hydrogen-bond acceptors (Lipinski definition) is 3. The van der Waals surface area contributed by atoms with Crippen LogP contribution in [0, 0.1) is 11.8 Å². The molecule has 1 aromatic rings. The maximum atomic E-state index is 12.2. The van der Waals surface area contributed by atoms with E-state index < -0.39 is 0 Å². The van der Waals surface area contributed by atoms with Crippen molar-refractivity contribution in [2.45, 2.75) is 38.8 Å². The van der Waals surface area contributed by atoms with Gasteiger partial charge in [0.15, 0.2) is 0 Å². The number of carbonyl (C=O) groups is 1. The van der Waals surface area contributed by atoms with E-state index in [1.807, 2.05) is 0 Å². The summed E-state index contributed by atoms with van der Waals surface area (Å²) in [4.78, 5) is 14.7. The molecule has 4 nitrogen and oxygen atoms in total. The molecular formula is C19H29N3O. The van der Waals surface area contributed by atoms with Crippen LogP contribution in [0.1, 0.15) is 31.7 Å². The molecule has 0 radical (unpaired) electrons. The van der Waals surface area contributed by atoms with Gasteiger partial charge < -0.3 is 10.6 Å². The van der Waals surface area contributed by atoms with Crippen molar-refractivity contribution >= 4 is 5.91 Å². The average Bonchev–Trinajstić information content (AvgIpc) is 3.20. The summed E-state index contributed by atoms with van der Waals surface area (Å²) >= 11 is 0. The van der Waals surface area contributed by atoms with Crippen LogP contribution in [0.2, 0.25) is 0 Å². The maximum absolute atomic E-state index is 12.2. The van der Waals surface area contributed by atoms with Crippen LogP contribution in [0.5, 0.6) is 0 Å². The van der Waals surface area contributed by atoms with Crippen molar-refractivity contribution < 1.29 is 4.79 Å². The van der Waals surface area contributed by atoms with Crippen LogP contribution in [-0.2, 0) is 11.3 Å². The van der Waals surface area contributed by atoms with Crippen molar-refractivity contribution in [1.82, 2.24) is 15.5 Å². The van der Waals surface area contributed by atoms with E-state index in [1.165, 1.54) is 12.0 Å². The molecule has 0 aliphatic carbocycles. The lowest BCUT2D eigenvalue weighted by Gasteiger charge is -2.22. The largest absolute Gasteiger partial charge is 0.353 e. The molecule has 4 heteroatoms. The molecule has 0 aromatic heterocycles. The van der Waals surface area contributed by atoms with Crippen LogP contribution in [0.25, 0.3) is 0 Å². The highest BCUT2D eigenvalue weighted by molar-refractivity contribution is 5.76. The molecular weight excluding hydrogens is 286 g/mol. The lowest BCUT2D eigenvalue weighted by Crippen LogP contribution is -2.40. The first kappa shape index (κ1) is 16.5. The van der Waals surface area contributed by atoms with Gasteiger partial charge in [0, 0.05) is 25.6 Å². The Labute approximate surface area is 139 Å². The third kappa shape index (κ3) is 4.79. The minimum atomic E-state index is 0.229. The Morgan fingerprint density at radius 1 is 1.35 bits per heavy atom. The molecule has 2 heterocycles. The van der Waals surface area contributed by atoms with Gasteiger partial charge in [0.05, 0.1) is 0 Å². The highest BCUT2D eigenvalue weighted by Crippen LogP contribution is 2.22. The molecule has 0 bridgehead atoms. The summed E-state index contributed by atoms with van der Waals surface area (Å²) in [5.41, 5.74) is 1.37. The molecule has 0 saturated carbocycles. The zero-order valence-electron chi connectivity index (χ0n) is 14.1. The quantitative estimate of drug-likeness (QED) is 0.844. The van der Waals surface area contributed by atoms with Crippen LogP contribution in [0.3, 0.4) is 0 Å². The number of nitrogens with one attached hydrogen (secondary N) is 2. The van der Waals surface area contributed by atoms with E-state index in [0.29, 0.717) is 18.3 Å². The first-order valence-electron chi connectivity index (χ1n) is 8.97. The molecule has 2 fully saturated rings. The van der Waals surface area contributed by atoms with Gasteiger partial charge >= 0.3 is 0 Å². The number of likely N-dealkylation sites (tertiary alicyclic amines) is 1. The third-order valence-corrected chi connectivity index (χ3v) is 5.29. The van der Waals surface area contributed by atoms with Gasteiger partial charge in [0.25, 0.3) is 0 Å². The molecule has 3 atom stereocenters. The van der Waals surface area contributed by atoms with Crippen molar-refractivity contribution in [3.8, 4) is 0 Å². The van der Waals surface area contributed by atoms with Crippen LogP contribution in [0.15, 0.2) is 30.3 Å². The van der Waals surface area contributed by atoms with Gasteiger partial charge in [-0.2, -0.15) is 0 Å². The first-order valence-corrected chi connectivity index (χ1v) is 8.97. The lowest BCUT2D eigenvalue weighted by molar-refractivity contribution is -0.122. The van der Waals surface area contributed by atoms with E-state index in [2.05, 4.69) is 52.8 Å². The van der Waals surface area contributed by atoms with E-state index in [4.69, 9.17) is 0 Å². The predicted molar refractivity (Wildman–Crippen MR) is 93.0 cm³/mol. The molecule has 2 aliphatic heterocycles. The van der Waals surface area contributed by atoms with Gasteiger partial charge in [-0.3, -0.25) is 9.69 Å². The second kappa shape index (κ2) is 7.93. The monoisotopic (exact) mass is 315 g/mol. The van der Waals surface area contributed by atoms with Crippen LogP contribution >= 0.6 is 0 Å². The Morgan fingerprint density at radius 3 is 2.91 bits per heavy atom. The number of benzene rings is 1. The second-order valence-corrected chi connectivity index (χ2v) is 7.19. The summed E-state index contributed by atoms with van der Waals surface area (Å²) < 4.78 is 0. The van der Waals surface area contributed by atoms with E-state index in [1.54, 1.807) is 0 Å². The van der Waals surface area contributed by atoms with Crippen LogP contribution in [-0.4, -0.2) is 43.0 Å². The zero-order valence-corrected chi connectivity index (χ0v) is 14.1. The van der Waals surface area contributed by atoms with Gasteiger partial charge in [0.2, 0.25) is 5.91 Å². The van der Waals surface area contributed by atoms with E-state index in [0.717, 1.165) is 39.1 Å². The van der Waals surface area contributed by atoms with Crippen molar-refractivity contribution in [3.05, 3.63) is 35.9 Å². The molecule has 3 rings (SSSR count). The zero-order chi connectivity index (χ0) is 16.1. The number of hydrogen-bond donors (Lipinski definition) is 2. The molecule has 2 N–H and O–H groups in total. The van der Waals surface area contributed by atoms with Gasteiger partial charge in [-0.15, -0.1) is 0 Å². The number of nitrogens with zero attached hydrogens (tertiary/aromatic N) is 1. The van der Waals surface area contributed by atoms with Crippen molar-refractivity contribution in [2.24, 2.45) is 11.8 Å². The average molecular weight is 315 g/mol. The summed E-state index contributed by atoms with van der Waals surface area (Å²) in [6, 6.07) is 10.9. The van der Waals surface area contributed by atoms with Gasteiger partial charge in [0.1, 0.15) is 0 Å². The highest BCUT2D eigenvalue weighted by atomic mass is 16.1. The summed E-state index contributed by atoms with van der Waals surface area (Å²) in [6.07, 6.45) is 2.99. The minimum absolute atomic E-state index is 0.229. The smallest absolute Gasteiger partial charge is 0.220 e. The fourth-order valence-corrected chi connectivity index (χ4v) is 3.84. The SMILES string of the molecule is CC(NC(=O)CC1CCNC1)C1CCN(Cc2ccccc2)C1. The van der Waals surface area contributed by atoms with Crippen molar-refractivity contribution in [3.63, 3.8) is 0 Å². The van der Waals surface area contributed by atoms with E-state index >= 15 is 0 Å². The summed E-state index contributed by atoms with van der Waals surface area (Å²) in [6.45, 7) is 7.46. The van der Waals surface area contributed by atoms with E-state index in [9.17, 15) is 4.79 Å². The maximum Gasteiger partial charge on any atom is 0.220 e. The van der Waals surface area contributed by atoms with Gasteiger partial charge in [-0.05, 0) is 56.8 Å². The normalized spacial score (nSPS) is 26.3. The summed E-state index contributed by atoms with van der Waals surface area (Å²) in [5, 5.41) is 6.57. The summed E-state index contributed by atoms with van der Waals surface area (Å²) in [7, 11) is 0. The Morgan fingerprint density at radius 2 is 2.17 bits per heavy atom. The molecule has 1 aromatic carbocycles. The minimum Gasteiger partial charge on any atom is -0.353 e. The second-order valence-electron chi connectivity index (χ2n) is 7.19. The van der Waals surface area contributed by atoms with Crippen LogP contribution < -0.4 is 10.6 Å². The Balaban J connectivity index is 1.41. The molecule has 0 spiro atoms. The third-order valence-electron chi connectivity index (χ3n) is 5.29. The molecule has 23 heavy (non-hydrogen) atoms. The molecule has 1 amide bonds. The predicted octanol–water partition coefficient (Wildman–Crippen LogP) is 2.01. The number of amides is 1. The number of rotatable bonds is 6. The standard InChI is InChI=1S/C19H29N3O/c1-15(21-19(23)11-17-7-9-20-12-17)18-8-10-22(14-18)13-16-5-3-2-4-6-16/h2-6,15,17-18,20H,7-14H2,1H3,(H,21,23). The fourth-order valence-electron chi connectivity index (χ4n) is 3.84. The highest BCUT2D eigenvalue weighted by Gasteiger charge is 2.28. The number of carbonyl (C=O) groups excluding carboxylic acids is 1. The summed E-state index contributed by atoms with van der Waals surface area (Å²) in [5.74, 6) is 1.33. The molecule has 126 valence electrons. The van der Waals surface area contributed by atoms with E-state index in [-0.39, 0.29) is 11.9 Å². The fraction of sp³-hybridized carbons (Fsp3) is 0.632. The molecule has 2 aliphatic rings. The molecule has 2 saturated heterocycles. The van der Waals surface area contributed by atoms with Crippen molar-refractivity contribution in [2.75, 3.05) is 26.2 Å². The van der Waals surface area contributed by atoms with Gasteiger partial charge in [-0.1, -0.05) is 30.3 Å². The molecule has 3 unspecified atom stereocenters.